The van der Waals surface area contributed by atoms with Crippen molar-refractivity contribution in [3.05, 3.63) is 45.9 Å². The van der Waals surface area contributed by atoms with Crippen molar-refractivity contribution in [2.45, 2.75) is 32.2 Å². The molecule has 1 aromatic heterocycles. The SMILES string of the molecule is NC(=NCc1nccs1)Nc1cccc2c1CCCC2. The normalized spacial score (nSPS) is 14.9. The number of hydrogen-bond acceptors (Lipinski definition) is 3. The van der Waals surface area contributed by atoms with Crippen molar-refractivity contribution >= 4 is 23.0 Å². The fraction of sp³-hybridized carbons (Fsp3) is 0.333. The lowest BCUT2D eigenvalue weighted by Crippen LogP contribution is -2.24. The van der Waals surface area contributed by atoms with E-state index < -0.39 is 0 Å². The van der Waals surface area contributed by atoms with Crippen LogP contribution in [0.1, 0.15) is 29.0 Å². The van der Waals surface area contributed by atoms with Gasteiger partial charge in [-0.05, 0) is 42.9 Å². The van der Waals surface area contributed by atoms with Gasteiger partial charge in [-0.2, -0.15) is 0 Å². The summed E-state index contributed by atoms with van der Waals surface area (Å²) in [6.07, 6.45) is 6.61. The highest BCUT2D eigenvalue weighted by Crippen LogP contribution is 2.27. The van der Waals surface area contributed by atoms with Crippen LogP contribution in [0.5, 0.6) is 0 Å². The van der Waals surface area contributed by atoms with E-state index in [-0.39, 0.29) is 0 Å². The van der Waals surface area contributed by atoms with Gasteiger partial charge in [0, 0.05) is 17.3 Å². The van der Waals surface area contributed by atoms with Gasteiger partial charge in [0.05, 0.1) is 6.54 Å². The first-order chi connectivity index (χ1) is 9.83. The highest BCUT2D eigenvalue weighted by Gasteiger charge is 2.13. The third-order valence-electron chi connectivity index (χ3n) is 3.53. The summed E-state index contributed by atoms with van der Waals surface area (Å²) >= 11 is 1.59. The second-order valence-electron chi connectivity index (χ2n) is 4.90. The van der Waals surface area contributed by atoms with E-state index in [0.717, 1.165) is 17.1 Å². The molecule has 2 aromatic rings. The summed E-state index contributed by atoms with van der Waals surface area (Å²) in [5, 5.41) is 6.16. The summed E-state index contributed by atoms with van der Waals surface area (Å²) in [5.41, 5.74) is 9.90. The van der Waals surface area contributed by atoms with Gasteiger partial charge >= 0.3 is 0 Å². The van der Waals surface area contributed by atoms with Crippen LogP contribution in [0.4, 0.5) is 5.69 Å². The molecular weight excluding hydrogens is 268 g/mol. The maximum absolute atomic E-state index is 5.97. The Balaban J connectivity index is 1.72. The summed E-state index contributed by atoms with van der Waals surface area (Å²) in [7, 11) is 0. The molecule has 0 amide bonds. The number of aromatic nitrogens is 1. The van der Waals surface area contributed by atoms with Crippen molar-refractivity contribution in [1.29, 1.82) is 0 Å². The van der Waals surface area contributed by atoms with Gasteiger partial charge in [0.2, 0.25) is 0 Å². The minimum Gasteiger partial charge on any atom is -0.370 e. The van der Waals surface area contributed by atoms with Gasteiger partial charge in [-0.25, -0.2) is 9.98 Å². The predicted octanol–water partition coefficient (Wildman–Crippen LogP) is 2.95. The van der Waals surface area contributed by atoms with E-state index >= 15 is 0 Å². The molecule has 20 heavy (non-hydrogen) atoms. The van der Waals surface area contributed by atoms with Gasteiger partial charge in [0.15, 0.2) is 5.96 Å². The van der Waals surface area contributed by atoms with Gasteiger partial charge in [0.1, 0.15) is 5.01 Å². The second-order valence-corrected chi connectivity index (χ2v) is 5.88. The van der Waals surface area contributed by atoms with E-state index in [2.05, 4.69) is 33.5 Å². The van der Waals surface area contributed by atoms with Crippen LogP contribution in [-0.4, -0.2) is 10.9 Å². The number of nitrogens with one attached hydrogen (secondary N) is 1. The van der Waals surface area contributed by atoms with Gasteiger partial charge in [-0.1, -0.05) is 12.1 Å². The average molecular weight is 286 g/mol. The van der Waals surface area contributed by atoms with Gasteiger partial charge in [0.25, 0.3) is 0 Å². The first-order valence-corrected chi connectivity index (χ1v) is 7.77. The van der Waals surface area contributed by atoms with Crippen LogP contribution in [0.3, 0.4) is 0 Å². The number of hydrogen-bond donors (Lipinski definition) is 2. The van der Waals surface area contributed by atoms with Gasteiger partial charge in [-0.3, -0.25) is 0 Å². The molecule has 0 atom stereocenters. The molecule has 1 aromatic carbocycles. The Kier molecular flexibility index (Phi) is 3.97. The zero-order valence-electron chi connectivity index (χ0n) is 11.3. The summed E-state index contributed by atoms with van der Waals surface area (Å²) < 4.78 is 0. The molecule has 0 saturated carbocycles. The lowest BCUT2D eigenvalue weighted by atomic mass is 9.90. The Morgan fingerprint density at radius 1 is 1.35 bits per heavy atom. The molecule has 5 heteroatoms. The number of nitrogens with two attached hydrogens (primary N) is 1. The summed E-state index contributed by atoms with van der Waals surface area (Å²) in [6, 6.07) is 6.37. The number of benzene rings is 1. The third kappa shape index (κ3) is 2.99. The van der Waals surface area contributed by atoms with Gasteiger partial charge < -0.3 is 11.1 Å². The molecule has 0 radical (unpaired) electrons. The van der Waals surface area contributed by atoms with Crippen LogP contribution in [0, 0.1) is 0 Å². The third-order valence-corrected chi connectivity index (χ3v) is 4.29. The van der Waals surface area contributed by atoms with E-state index in [4.69, 9.17) is 5.73 Å². The molecule has 1 aliphatic rings. The van der Waals surface area contributed by atoms with E-state index in [1.165, 1.54) is 30.4 Å². The number of fused-ring (bicyclic) bond motifs is 1. The number of anilines is 1. The molecule has 3 N–H and O–H groups in total. The Bertz CT molecular complexity index is 604. The maximum Gasteiger partial charge on any atom is 0.193 e. The van der Waals surface area contributed by atoms with Gasteiger partial charge in [-0.15, -0.1) is 11.3 Å². The van der Waals surface area contributed by atoms with E-state index in [1.807, 2.05) is 5.38 Å². The molecule has 0 fully saturated rings. The van der Waals surface area contributed by atoms with Crippen LogP contribution in [0.25, 0.3) is 0 Å². The molecule has 0 saturated heterocycles. The van der Waals surface area contributed by atoms with Crippen molar-refractivity contribution in [2.24, 2.45) is 10.7 Å². The first kappa shape index (κ1) is 13.1. The van der Waals surface area contributed by atoms with Crippen molar-refractivity contribution in [1.82, 2.24) is 4.98 Å². The van der Waals surface area contributed by atoms with Crippen molar-refractivity contribution in [2.75, 3.05) is 5.32 Å². The van der Waals surface area contributed by atoms with Crippen molar-refractivity contribution in [3.63, 3.8) is 0 Å². The quantitative estimate of drug-likeness (QED) is 0.673. The molecule has 0 bridgehead atoms. The Hall–Kier alpha value is -1.88. The molecule has 1 aliphatic carbocycles. The monoisotopic (exact) mass is 286 g/mol. The number of rotatable bonds is 3. The molecular formula is C15H18N4S. The minimum absolute atomic E-state index is 0.458. The lowest BCUT2D eigenvalue weighted by molar-refractivity contribution is 0.687. The Morgan fingerprint density at radius 3 is 3.10 bits per heavy atom. The van der Waals surface area contributed by atoms with Crippen LogP contribution < -0.4 is 11.1 Å². The largest absolute Gasteiger partial charge is 0.370 e. The Labute approximate surface area is 122 Å². The minimum atomic E-state index is 0.458. The fourth-order valence-corrected chi connectivity index (χ4v) is 3.10. The summed E-state index contributed by atoms with van der Waals surface area (Å²) in [4.78, 5) is 8.54. The fourth-order valence-electron chi connectivity index (χ4n) is 2.56. The zero-order chi connectivity index (χ0) is 13.8. The average Bonchev–Trinajstić information content (AvgIpc) is 2.99. The molecule has 0 aliphatic heterocycles. The summed E-state index contributed by atoms with van der Waals surface area (Å²) in [5.74, 6) is 0.458. The second kappa shape index (κ2) is 6.05. The number of thiazole rings is 1. The molecule has 1 heterocycles. The smallest absolute Gasteiger partial charge is 0.193 e. The first-order valence-electron chi connectivity index (χ1n) is 6.89. The number of guanidine groups is 1. The maximum atomic E-state index is 5.97. The van der Waals surface area contributed by atoms with Crippen molar-refractivity contribution in [3.8, 4) is 0 Å². The van der Waals surface area contributed by atoms with Crippen LogP contribution in [0.15, 0.2) is 34.8 Å². The molecule has 0 unspecified atom stereocenters. The Morgan fingerprint density at radius 2 is 2.25 bits per heavy atom. The van der Waals surface area contributed by atoms with Crippen molar-refractivity contribution < 1.29 is 0 Å². The zero-order valence-corrected chi connectivity index (χ0v) is 12.1. The molecule has 0 spiro atoms. The predicted molar refractivity (Wildman–Crippen MR) is 84.1 cm³/mol. The van der Waals surface area contributed by atoms with Crippen LogP contribution >= 0.6 is 11.3 Å². The van der Waals surface area contributed by atoms with Crippen LogP contribution in [-0.2, 0) is 19.4 Å². The molecule has 104 valence electrons. The summed E-state index contributed by atoms with van der Waals surface area (Å²) in [6.45, 7) is 0.533. The topological polar surface area (TPSA) is 63.3 Å². The number of aliphatic imine (C=N–C) groups is 1. The van der Waals surface area contributed by atoms with E-state index in [9.17, 15) is 0 Å². The number of nitrogens with zero attached hydrogens (tertiary/aromatic N) is 2. The molecule has 4 nitrogen and oxygen atoms in total. The number of aryl methyl sites for hydroxylation is 1. The van der Waals surface area contributed by atoms with Crippen LogP contribution in [0.2, 0.25) is 0 Å². The standard InChI is InChI=1S/C15H18N4S/c16-15(18-10-14-17-8-9-20-14)19-13-7-3-5-11-4-1-2-6-12(11)13/h3,5,7-9H,1-2,4,6,10H2,(H3,16,18,19). The highest BCUT2D eigenvalue weighted by atomic mass is 32.1. The highest BCUT2D eigenvalue weighted by molar-refractivity contribution is 7.09. The van der Waals surface area contributed by atoms with E-state index in [0.29, 0.717) is 12.5 Å². The molecule has 3 rings (SSSR count). The lowest BCUT2D eigenvalue weighted by Gasteiger charge is -2.19. The van der Waals surface area contributed by atoms with E-state index in [1.54, 1.807) is 17.5 Å².